The first-order valence-corrected chi connectivity index (χ1v) is 11.4. The normalized spacial score (nSPS) is 18.9. The lowest BCUT2D eigenvalue weighted by molar-refractivity contribution is -0.131. The zero-order valence-electron chi connectivity index (χ0n) is 18.9. The van der Waals surface area contributed by atoms with Crippen LogP contribution in [0.3, 0.4) is 0 Å². The second-order valence-corrected chi connectivity index (χ2v) is 8.92. The Kier molecular flexibility index (Phi) is 6.45. The third-order valence-corrected chi connectivity index (χ3v) is 6.67. The maximum absolute atomic E-state index is 12.9. The van der Waals surface area contributed by atoms with E-state index in [0.717, 1.165) is 36.9 Å². The third kappa shape index (κ3) is 4.47. The number of nitrogens with two attached hydrogens (primary N) is 1. The van der Waals surface area contributed by atoms with Gasteiger partial charge in [-0.25, -0.2) is 0 Å². The molecule has 32 heavy (non-hydrogen) atoms. The first kappa shape index (κ1) is 21.9. The van der Waals surface area contributed by atoms with E-state index < -0.39 is 0 Å². The van der Waals surface area contributed by atoms with E-state index in [1.807, 2.05) is 24.3 Å². The van der Waals surface area contributed by atoms with Crippen molar-refractivity contribution < 1.29 is 4.79 Å². The Labute approximate surface area is 190 Å². The van der Waals surface area contributed by atoms with E-state index in [1.54, 1.807) is 0 Å². The number of carbonyl (C=O) groups excluding carboxylic acids is 1. The van der Waals surface area contributed by atoms with Gasteiger partial charge in [0.25, 0.3) is 0 Å². The average Bonchev–Trinajstić information content (AvgIpc) is 3.32. The van der Waals surface area contributed by atoms with Gasteiger partial charge < -0.3 is 20.6 Å². The maximum Gasteiger partial charge on any atom is 0.223 e. The fourth-order valence-electron chi connectivity index (χ4n) is 4.98. The Bertz CT molecular complexity index is 1150. The molecule has 0 aliphatic carbocycles. The summed E-state index contributed by atoms with van der Waals surface area (Å²) >= 11 is 0. The second-order valence-electron chi connectivity index (χ2n) is 8.92. The molecule has 2 atom stereocenters. The topological polar surface area (TPSA) is 75.1 Å². The summed E-state index contributed by atoms with van der Waals surface area (Å²) in [5.74, 6) is 0.705. The number of hydrogen-bond donors (Lipinski definition) is 2. The third-order valence-electron chi connectivity index (χ3n) is 6.67. The van der Waals surface area contributed by atoms with Crippen molar-refractivity contribution in [1.82, 2.24) is 9.47 Å². The van der Waals surface area contributed by atoms with Crippen molar-refractivity contribution in [3.63, 3.8) is 0 Å². The van der Waals surface area contributed by atoms with Crippen LogP contribution in [0, 0.1) is 18.3 Å². The van der Waals surface area contributed by atoms with Gasteiger partial charge in [0.15, 0.2) is 0 Å². The molecular formula is C27H32N4O. The molecule has 3 N–H and O–H groups in total. The molecule has 0 saturated carbocycles. The lowest BCUT2D eigenvalue weighted by Crippen LogP contribution is -2.34. The van der Waals surface area contributed by atoms with Gasteiger partial charge in [0, 0.05) is 60.1 Å². The SMILES string of the molecule is Cc1cc2cc(/C(C=N)=C/N)ccc2n1CC1CC(C)N(C(=O)CCc2ccccc2)C1. The van der Waals surface area contributed by atoms with Crippen molar-refractivity contribution in [1.29, 1.82) is 5.41 Å². The molecule has 0 spiro atoms. The van der Waals surface area contributed by atoms with Crippen LogP contribution in [-0.2, 0) is 17.8 Å². The number of likely N-dealkylation sites (tertiary alicyclic amines) is 1. The van der Waals surface area contributed by atoms with Gasteiger partial charge in [0.05, 0.1) is 0 Å². The molecule has 5 nitrogen and oxygen atoms in total. The summed E-state index contributed by atoms with van der Waals surface area (Å²) in [5, 5.41) is 8.70. The highest BCUT2D eigenvalue weighted by atomic mass is 16.2. The van der Waals surface area contributed by atoms with Gasteiger partial charge >= 0.3 is 0 Å². The standard InChI is InChI=1S/C27H32N4O/c1-19-12-22(18-31(19)27(32)11-8-21-6-4-3-5-7-21)17-30-20(2)13-24-14-23(9-10-26(24)30)25(15-28)16-29/h3-7,9-10,13-16,19,22,28H,8,11-12,17-18,29H2,1-2H3/b25-16+,28-15?. The molecule has 1 amide bonds. The molecule has 1 aliphatic rings. The average molecular weight is 429 g/mol. The quantitative estimate of drug-likeness (QED) is 0.532. The molecule has 1 aliphatic heterocycles. The monoisotopic (exact) mass is 428 g/mol. The minimum absolute atomic E-state index is 0.260. The molecular weight excluding hydrogens is 396 g/mol. The first-order valence-electron chi connectivity index (χ1n) is 11.4. The fraction of sp³-hybridized carbons (Fsp3) is 0.333. The number of allylic oxidation sites excluding steroid dienone is 1. The van der Waals surface area contributed by atoms with Crippen LogP contribution in [0.25, 0.3) is 16.5 Å². The molecule has 1 saturated heterocycles. The highest BCUT2D eigenvalue weighted by Gasteiger charge is 2.32. The summed E-state index contributed by atoms with van der Waals surface area (Å²) in [6.45, 7) is 6.04. The number of carbonyl (C=O) groups is 1. The Balaban J connectivity index is 1.44. The predicted octanol–water partition coefficient (Wildman–Crippen LogP) is 4.77. The largest absolute Gasteiger partial charge is 0.404 e. The van der Waals surface area contributed by atoms with Crippen LogP contribution < -0.4 is 5.73 Å². The van der Waals surface area contributed by atoms with Crippen molar-refractivity contribution in [2.75, 3.05) is 6.54 Å². The van der Waals surface area contributed by atoms with E-state index >= 15 is 0 Å². The highest BCUT2D eigenvalue weighted by Crippen LogP contribution is 2.29. The van der Waals surface area contributed by atoms with Crippen molar-refractivity contribution in [2.24, 2.45) is 11.7 Å². The molecule has 3 aromatic rings. The van der Waals surface area contributed by atoms with E-state index in [4.69, 9.17) is 11.1 Å². The van der Waals surface area contributed by atoms with Crippen molar-refractivity contribution in [3.8, 4) is 0 Å². The number of aromatic nitrogens is 1. The summed E-state index contributed by atoms with van der Waals surface area (Å²) in [4.78, 5) is 15.0. The summed E-state index contributed by atoms with van der Waals surface area (Å²) in [7, 11) is 0. The zero-order valence-corrected chi connectivity index (χ0v) is 18.9. The van der Waals surface area contributed by atoms with Gasteiger partial charge in [-0.1, -0.05) is 36.4 Å². The second kappa shape index (κ2) is 9.43. The molecule has 5 heteroatoms. The summed E-state index contributed by atoms with van der Waals surface area (Å²) < 4.78 is 2.37. The smallest absolute Gasteiger partial charge is 0.223 e. The van der Waals surface area contributed by atoms with Crippen LogP contribution in [0.5, 0.6) is 0 Å². The minimum atomic E-state index is 0.260. The lowest BCUT2D eigenvalue weighted by atomic mass is 10.1. The fourth-order valence-corrected chi connectivity index (χ4v) is 4.98. The molecule has 0 radical (unpaired) electrons. The predicted molar refractivity (Wildman–Crippen MR) is 132 cm³/mol. The minimum Gasteiger partial charge on any atom is -0.404 e. The van der Waals surface area contributed by atoms with Gasteiger partial charge in [0.2, 0.25) is 5.91 Å². The van der Waals surface area contributed by atoms with Crippen LogP contribution >= 0.6 is 0 Å². The molecule has 166 valence electrons. The van der Waals surface area contributed by atoms with Crippen molar-refractivity contribution in [3.05, 3.63) is 77.6 Å². The summed E-state index contributed by atoms with van der Waals surface area (Å²) in [6, 6.07) is 18.9. The van der Waals surface area contributed by atoms with Crippen LogP contribution in [0.1, 0.15) is 36.6 Å². The lowest BCUT2D eigenvalue weighted by Gasteiger charge is -2.21. The number of nitrogens with zero attached hydrogens (tertiary/aromatic N) is 2. The zero-order chi connectivity index (χ0) is 22.7. The van der Waals surface area contributed by atoms with Gasteiger partial charge in [-0.2, -0.15) is 0 Å². The number of nitrogens with one attached hydrogen (secondary N) is 1. The van der Waals surface area contributed by atoms with Crippen LogP contribution in [0.15, 0.2) is 60.8 Å². The Morgan fingerprint density at radius 1 is 1.19 bits per heavy atom. The molecule has 1 aromatic heterocycles. The van der Waals surface area contributed by atoms with Gasteiger partial charge in [0.1, 0.15) is 0 Å². The van der Waals surface area contributed by atoms with Gasteiger partial charge in [-0.05, 0) is 61.9 Å². The first-order chi connectivity index (χ1) is 15.5. The number of fused-ring (bicyclic) bond motifs is 1. The van der Waals surface area contributed by atoms with Gasteiger partial charge in [-0.15, -0.1) is 0 Å². The van der Waals surface area contributed by atoms with Crippen LogP contribution in [0.2, 0.25) is 0 Å². The molecule has 2 heterocycles. The number of aryl methyl sites for hydroxylation is 2. The summed E-state index contributed by atoms with van der Waals surface area (Å²) in [6.07, 6.45) is 5.16. The number of benzene rings is 2. The van der Waals surface area contributed by atoms with E-state index in [-0.39, 0.29) is 11.9 Å². The molecule has 0 bridgehead atoms. The number of hydrogen-bond acceptors (Lipinski definition) is 3. The Hall–Kier alpha value is -3.34. The number of amides is 1. The number of rotatable bonds is 7. The Morgan fingerprint density at radius 2 is 1.97 bits per heavy atom. The molecule has 2 aromatic carbocycles. The van der Waals surface area contributed by atoms with E-state index in [1.165, 1.54) is 29.2 Å². The van der Waals surface area contributed by atoms with Crippen LogP contribution in [0.4, 0.5) is 0 Å². The van der Waals surface area contributed by atoms with E-state index in [9.17, 15) is 4.79 Å². The van der Waals surface area contributed by atoms with Crippen LogP contribution in [-0.4, -0.2) is 34.2 Å². The van der Waals surface area contributed by atoms with Crippen molar-refractivity contribution in [2.45, 2.75) is 45.7 Å². The highest BCUT2D eigenvalue weighted by molar-refractivity contribution is 6.09. The van der Waals surface area contributed by atoms with Crippen molar-refractivity contribution >= 4 is 28.6 Å². The molecule has 1 fully saturated rings. The molecule has 4 rings (SSSR count). The maximum atomic E-state index is 12.9. The molecule has 2 unspecified atom stereocenters. The Morgan fingerprint density at radius 3 is 2.69 bits per heavy atom. The van der Waals surface area contributed by atoms with E-state index in [2.05, 4.69) is 53.6 Å². The van der Waals surface area contributed by atoms with E-state index in [0.29, 0.717) is 17.9 Å². The van der Waals surface area contributed by atoms with Gasteiger partial charge in [-0.3, -0.25) is 4.79 Å². The summed E-state index contributed by atoms with van der Waals surface area (Å²) in [5.41, 5.74) is 10.9.